The molecule has 1 aromatic rings. The third kappa shape index (κ3) is 2.97. The maximum absolute atomic E-state index is 13.1. The first-order valence-electron chi connectivity index (χ1n) is 8.38. The molecule has 0 spiro atoms. The Morgan fingerprint density at radius 3 is 2.61 bits per heavy atom. The Labute approximate surface area is 169 Å². The van der Waals surface area contributed by atoms with Crippen molar-refractivity contribution in [1.29, 1.82) is 0 Å². The molecule has 11 heteroatoms. The van der Waals surface area contributed by atoms with Crippen LogP contribution in [0.2, 0.25) is 0 Å². The first-order valence-corrected chi connectivity index (χ1v) is 10.3. The van der Waals surface area contributed by atoms with Crippen molar-refractivity contribution in [3.8, 4) is 0 Å². The Hall–Kier alpha value is -2.11. The molecule has 2 fully saturated rings. The fourth-order valence-electron chi connectivity index (χ4n) is 3.48. The molecule has 2 saturated heterocycles. The number of thioether (sulfide) groups is 1. The van der Waals surface area contributed by atoms with Gasteiger partial charge in [-0.1, -0.05) is 0 Å². The fourth-order valence-corrected chi connectivity index (χ4v) is 5.96. The van der Waals surface area contributed by atoms with Crippen LogP contribution in [0.4, 0.5) is 5.00 Å². The second kappa shape index (κ2) is 7.37. The van der Waals surface area contributed by atoms with Gasteiger partial charge in [0.05, 0.1) is 0 Å². The molecule has 2 aliphatic rings. The minimum atomic E-state index is -1.53. The van der Waals surface area contributed by atoms with E-state index in [1.54, 1.807) is 17.5 Å². The third-order valence-electron chi connectivity index (χ3n) is 4.87. The Kier molecular flexibility index (Phi) is 5.43. The van der Waals surface area contributed by atoms with Crippen LogP contribution in [0.25, 0.3) is 0 Å². The van der Waals surface area contributed by atoms with Gasteiger partial charge in [0.1, 0.15) is 22.4 Å². The molecule has 3 heterocycles. The number of anilines is 1. The highest BCUT2D eigenvalue weighted by Crippen LogP contribution is 2.51. The number of thiophene rings is 1. The number of hydrogen-bond donors (Lipinski definition) is 1. The number of carboxylic acid groups (broad SMARTS) is 1. The molecule has 152 valence electrons. The molecule has 2 unspecified atom stereocenters. The zero-order valence-electron chi connectivity index (χ0n) is 15.5. The average Bonchev–Trinajstić information content (AvgIpc) is 3.17. The van der Waals surface area contributed by atoms with Gasteiger partial charge >= 0.3 is 11.9 Å². The monoisotopic (exact) mass is 428 g/mol. The Balaban J connectivity index is 1.91. The second-order valence-corrected chi connectivity index (χ2v) is 8.66. The lowest BCUT2D eigenvalue weighted by Gasteiger charge is -2.61. The van der Waals surface area contributed by atoms with E-state index in [1.807, 2.05) is 0 Å². The predicted octanol–water partition coefficient (Wildman–Crippen LogP) is 0.993. The first kappa shape index (κ1) is 20.6. The molecule has 2 aliphatic heterocycles. The van der Waals surface area contributed by atoms with Gasteiger partial charge in [0.25, 0.3) is 11.6 Å². The Bertz CT molecular complexity index is 814. The summed E-state index contributed by atoms with van der Waals surface area (Å²) in [6.45, 7) is 2.09. The molecule has 3 rings (SSSR count). The lowest BCUT2D eigenvalue weighted by atomic mass is 9.86. The van der Waals surface area contributed by atoms with E-state index < -0.39 is 34.4 Å². The molecular weight excluding hydrogens is 408 g/mol. The molecular formula is C17H20N2O7S2. The quantitative estimate of drug-likeness (QED) is 0.405. The van der Waals surface area contributed by atoms with Crippen LogP contribution >= 0.6 is 23.1 Å². The fraction of sp³-hybridized carbons (Fsp3) is 0.529. The number of carbonyl (C=O) groups excluding carboxylic acids is 3. The van der Waals surface area contributed by atoms with E-state index in [0.29, 0.717) is 5.00 Å². The molecule has 0 aliphatic carbocycles. The highest BCUT2D eigenvalue weighted by molar-refractivity contribution is 8.00. The van der Waals surface area contributed by atoms with Crippen LogP contribution in [0.5, 0.6) is 0 Å². The number of hydrogen-bond acceptors (Lipinski definition) is 8. The zero-order chi connectivity index (χ0) is 20.7. The Morgan fingerprint density at radius 1 is 1.39 bits per heavy atom. The number of esters is 1. The summed E-state index contributed by atoms with van der Waals surface area (Å²) in [6.07, 6.45) is 0. The molecule has 3 atom stereocenters. The number of fused-ring (bicyclic) bond motifs is 1. The van der Waals surface area contributed by atoms with Crippen molar-refractivity contribution >= 4 is 51.9 Å². The summed E-state index contributed by atoms with van der Waals surface area (Å²) < 4.78 is 10.5. The van der Waals surface area contributed by atoms with E-state index in [9.17, 15) is 24.3 Å². The van der Waals surface area contributed by atoms with Crippen LogP contribution in [-0.4, -0.2) is 70.9 Å². The molecule has 0 bridgehead atoms. The van der Waals surface area contributed by atoms with E-state index >= 15 is 0 Å². The van der Waals surface area contributed by atoms with Crippen molar-refractivity contribution in [2.45, 2.75) is 24.9 Å². The topological polar surface area (TPSA) is 113 Å². The number of amides is 2. The van der Waals surface area contributed by atoms with Crippen molar-refractivity contribution in [1.82, 2.24) is 4.90 Å². The molecule has 28 heavy (non-hydrogen) atoms. The van der Waals surface area contributed by atoms with Crippen LogP contribution in [0.1, 0.15) is 13.8 Å². The number of rotatable bonds is 6. The summed E-state index contributed by atoms with van der Waals surface area (Å²) in [5.74, 6) is -2.48. The molecule has 1 aromatic heterocycles. The molecule has 9 nitrogen and oxygen atoms in total. The number of methoxy groups -OCH3 is 1. The van der Waals surface area contributed by atoms with Crippen molar-refractivity contribution in [3.05, 3.63) is 17.5 Å². The van der Waals surface area contributed by atoms with E-state index in [4.69, 9.17) is 9.47 Å². The zero-order valence-corrected chi connectivity index (χ0v) is 17.2. The highest BCUT2D eigenvalue weighted by Gasteiger charge is 2.70. The van der Waals surface area contributed by atoms with Crippen molar-refractivity contribution in [2.24, 2.45) is 5.41 Å². The highest BCUT2D eigenvalue weighted by atomic mass is 32.2. The van der Waals surface area contributed by atoms with Gasteiger partial charge in [-0.2, -0.15) is 0 Å². The van der Waals surface area contributed by atoms with Gasteiger partial charge in [0, 0.05) is 33.3 Å². The summed E-state index contributed by atoms with van der Waals surface area (Å²) in [6, 6.07) is 3.49. The average molecular weight is 428 g/mol. The summed E-state index contributed by atoms with van der Waals surface area (Å²) in [4.78, 5) is 51.3. The van der Waals surface area contributed by atoms with Gasteiger partial charge in [0.15, 0.2) is 0 Å². The predicted molar refractivity (Wildman–Crippen MR) is 102 cm³/mol. The van der Waals surface area contributed by atoms with Gasteiger partial charge in [-0.3, -0.25) is 24.1 Å². The van der Waals surface area contributed by atoms with E-state index in [0.717, 1.165) is 0 Å². The normalized spacial score (nSPS) is 28.9. The molecule has 2 amide bonds. The molecule has 1 N–H and O–H groups in total. The molecule has 0 aromatic carbocycles. The minimum absolute atomic E-state index is 0.103. The van der Waals surface area contributed by atoms with Crippen LogP contribution < -0.4 is 4.90 Å². The SMILES string of the molecule is COC1(N(C(C)=O)c2cccs2)C(=O)N2CC(COC(C)=O)(C(=O)O)CS[C@@H]21. The van der Waals surface area contributed by atoms with Crippen molar-refractivity contribution in [2.75, 3.05) is 30.9 Å². The summed E-state index contributed by atoms with van der Waals surface area (Å²) >= 11 is 2.50. The number of β-lactam (4-membered cyclic amide) rings is 1. The standard InChI is InChI=1S/C17H20N2O7S2/c1-10(20)19(12-5-4-6-27-12)17(25-3)13(22)18-7-16(15(23)24,8-26-11(2)21)9-28-14(17)18/h4-6,14H,7-9H2,1-3H3,(H,23,24)/t14-,16?,17?/m1/s1. The Morgan fingerprint density at radius 2 is 2.11 bits per heavy atom. The van der Waals surface area contributed by atoms with Crippen LogP contribution in [-0.2, 0) is 28.7 Å². The maximum atomic E-state index is 13.1. The van der Waals surface area contributed by atoms with Crippen LogP contribution in [0.3, 0.4) is 0 Å². The van der Waals surface area contributed by atoms with Gasteiger partial charge < -0.3 is 19.5 Å². The van der Waals surface area contributed by atoms with Crippen molar-refractivity contribution < 1.29 is 33.8 Å². The molecule has 0 saturated carbocycles. The van der Waals surface area contributed by atoms with Gasteiger partial charge in [0.2, 0.25) is 5.91 Å². The second-order valence-electron chi connectivity index (χ2n) is 6.67. The van der Waals surface area contributed by atoms with Gasteiger partial charge in [-0.05, 0) is 17.5 Å². The number of carbonyl (C=O) groups is 4. The smallest absolute Gasteiger partial charge is 0.315 e. The number of nitrogens with zero attached hydrogens (tertiary/aromatic N) is 2. The lowest BCUT2D eigenvalue weighted by molar-refractivity contribution is -0.195. The molecule has 0 radical (unpaired) electrons. The maximum Gasteiger partial charge on any atom is 0.315 e. The van der Waals surface area contributed by atoms with Gasteiger partial charge in [-0.15, -0.1) is 23.1 Å². The van der Waals surface area contributed by atoms with Crippen molar-refractivity contribution in [3.63, 3.8) is 0 Å². The number of ether oxygens (including phenoxy) is 2. The summed E-state index contributed by atoms with van der Waals surface area (Å²) in [5.41, 5.74) is -2.94. The number of aliphatic carboxylic acids is 1. The first-order chi connectivity index (χ1) is 13.2. The van der Waals surface area contributed by atoms with E-state index in [2.05, 4.69) is 0 Å². The van der Waals surface area contributed by atoms with Crippen LogP contribution in [0.15, 0.2) is 17.5 Å². The summed E-state index contributed by atoms with van der Waals surface area (Å²) in [5, 5.41) is 11.5. The van der Waals surface area contributed by atoms with Crippen LogP contribution in [0, 0.1) is 5.41 Å². The minimum Gasteiger partial charge on any atom is -0.481 e. The third-order valence-corrected chi connectivity index (χ3v) is 7.33. The summed E-state index contributed by atoms with van der Waals surface area (Å²) in [7, 11) is 1.36. The lowest BCUT2D eigenvalue weighted by Crippen LogP contribution is -2.83. The number of carboxylic acids is 1. The van der Waals surface area contributed by atoms with E-state index in [1.165, 1.54) is 53.9 Å². The largest absolute Gasteiger partial charge is 0.481 e. The van der Waals surface area contributed by atoms with E-state index in [-0.39, 0.29) is 24.8 Å². The van der Waals surface area contributed by atoms with Gasteiger partial charge in [-0.25, -0.2) is 0 Å².